The number of hydrogen-bond acceptors (Lipinski definition) is 3. The molecule has 0 radical (unpaired) electrons. The summed E-state index contributed by atoms with van der Waals surface area (Å²) in [6.45, 7) is 9.93. The Morgan fingerprint density at radius 2 is 1.75 bits per heavy atom. The van der Waals surface area contributed by atoms with Crippen molar-refractivity contribution >= 4 is 62.3 Å². The van der Waals surface area contributed by atoms with Gasteiger partial charge in [-0.05, 0) is 69.7 Å². The van der Waals surface area contributed by atoms with Crippen LogP contribution in [0.4, 0.5) is 5.69 Å². The number of nitrogens with zero attached hydrogens (tertiary/aromatic N) is 2. The average Bonchev–Trinajstić information content (AvgIpc) is 2.65. The lowest BCUT2D eigenvalue weighted by Gasteiger charge is -2.22. The van der Waals surface area contributed by atoms with Crippen molar-refractivity contribution in [1.82, 2.24) is 9.88 Å². The molecule has 0 bridgehead atoms. The van der Waals surface area contributed by atoms with Crippen LogP contribution in [0.3, 0.4) is 0 Å². The average molecular weight is 439 g/mol. The Hall–Kier alpha value is -1.26. The third-order valence-corrected chi connectivity index (χ3v) is 5.90. The largest absolute Gasteiger partial charge is 0.381 e. The summed E-state index contributed by atoms with van der Waals surface area (Å²) in [6.07, 6.45) is 2.22. The van der Waals surface area contributed by atoms with Crippen LogP contribution >= 0.6 is 34.8 Å². The van der Waals surface area contributed by atoms with E-state index in [4.69, 9.17) is 39.8 Å². The van der Waals surface area contributed by atoms with E-state index in [-0.39, 0.29) is 0 Å². The lowest BCUT2D eigenvalue weighted by molar-refractivity contribution is 0.295. The van der Waals surface area contributed by atoms with Crippen molar-refractivity contribution in [2.45, 2.75) is 39.7 Å². The van der Waals surface area contributed by atoms with Gasteiger partial charge in [-0.2, -0.15) is 0 Å². The first-order chi connectivity index (χ1) is 13.4. The molecule has 150 valence electrons. The molecule has 0 saturated heterocycles. The molecule has 1 atom stereocenters. The van der Waals surface area contributed by atoms with Gasteiger partial charge in [0.15, 0.2) is 0 Å². The third-order valence-electron chi connectivity index (χ3n) is 5.16. The summed E-state index contributed by atoms with van der Waals surface area (Å²) < 4.78 is 0. The Balaban J connectivity index is 1.95. The number of fused-ring (bicyclic) bond motifs is 2. The quantitative estimate of drug-likeness (QED) is 0.375. The Bertz CT molecular complexity index is 970. The monoisotopic (exact) mass is 437 g/mol. The van der Waals surface area contributed by atoms with Gasteiger partial charge in [0.05, 0.1) is 21.7 Å². The van der Waals surface area contributed by atoms with Gasteiger partial charge in [-0.1, -0.05) is 48.7 Å². The molecule has 0 aliphatic heterocycles. The summed E-state index contributed by atoms with van der Waals surface area (Å²) in [7, 11) is 0. The zero-order valence-corrected chi connectivity index (χ0v) is 18.8. The molecule has 0 aliphatic rings. The van der Waals surface area contributed by atoms with Crippen molar-refractivity contribution in [3.8, 4) is 0 Å². The minimum Gasteiger partial charge on any atom is -0.381 e. The summed E-state index contributed by atoms with van der Waals surface area (Å²) in [5.41, 5.74) is 2.57. The molecule has 0 amide bonds. The van der Waals surface area contributed by atoms with E-state index in [0.29, 0.717) is 21.1 Å². The Morgan fingerprint density at radius 1 is 1.00 bits per heavy atom. The predicted octanol–water partition coefficient (Wildman–Crippen LogP) is 7.27. The number of aromatic nitrogens is 1. The topological polar surface area (TPSA) is 28.2 Å². The van der Waals surface area contributed by atoms with Gasteiger partial charge in [-0.3, -0.25) is 0 Å². The second-order valence-corrected chi connectivity index (χ2v) is 8.43. The van der Waals surface area contributed by atoms with Crippen molar-refractivity contribution in [1.29, 1.82) is 0 Å². The van der Waals surface area contributed by atoms with E-state index in [1.54, 1.807) is 6.07 Å². The summed E-state index contributed by atoms with van der Waals surface area (Å²) in [5.74, 6) is 0. The molecule has 0 spiro atoms. The first kappa shape index (κ1) is 21.4. The Labute approximate surface area is 182 Å². The summed E-state index contributed by atoms with van der Waals surface area (Å²) >= 11 is 18.9. The van der Waals surface area contributed by atoms with Gasteiger partial charge in [-0.25, -0.2) is 4.98 Å². The first-order valence-electron chi connectivity index (χ1n) is 9.79. The maximum atomic E-state index is 6.45. The van der Waals surface area contributed by atoms with Crippen LogP contribution in [-0.4, -0.2) is 35.6 Å². The van der Waals surface area contributed by atoms with Gasteiger partial charge < -0.3 is 10.2 Å². The Morgan fingerprint density at radius 3 is 2.46 bits per heavy atom. The fourth-order valence-electron chi connectivity index (χ4n) is 3.58. The van der Waals surface area contributed by atoms with Crippen LogP contribution in [0, 0.1) is 0 Å². The number of hydrogen-bond donors (Lipinski definition) is 1. The lowest BCUT2D eigenvalue weighted by Crippen LogP contribution is -2.25. The van der Waals surface area contributed by atoms with Gasteiger partial charge in [0.25, 0.3) is 0 Å². The van der Waals surface area contributed by atoms with Crippen LogP contribution in [0.25, 0.3) is 21.8 Å². The van der Waals surface area contributed by atoms with Crippen molar-refractivity contribution < 1.29 is 0 Å². The molecule has 1 N–H and O–H groups in total. The predicted molar refractivity (Wildman–Crippen MR) is 124 cm³/mol. The van der Waals surface area contributed by atoms with E-state index < -0.39 is 0 Å². The minimum absolute atomic E-state index is 0.304. The molecule has 1 heterocycles. The molecular formula is C22H26Cl3N3. The highest BCUT2D eigenvalue weighted by molar-refractivity contribution is 6.39. The van der Waals surface area contributed by atoms with Crippen molar-refractivity contribution in [2.75, 3.05) is 25.0 Å². The van der Waals surface area contributed by atoms with E-state index in [0.717, 1.165) is 60.0 Å². The highest BCUT2D eigenvalue weighted by atomic mass is 35.5. The normalized spacial score (nSPS) is 12.8. The van der Waals surface area contributed by atoms with E-state index in [1.165, 1.54) is 0 Å². The number of pyridine rings is 1. The van der Waals surface area contributed by atoms with Crippen molar-refractivity contribution in [2.24, 2.45) is 0 Å². The SMILES string of the molecule is CCN(CC)CCC[C@H](C)Nc1c2ccc(Cl)cc2nc2c(Cl)cc(Cl)cc12. The third kappa shape index (κ3) is 4.83. The minimum atomic E-state index is 0.304. The van der Waals surface area contributed by atoms with Crippen molar-refractivity contribution in [3.05, 3.63) is 45.4 Å². The maximum absolute atomic E-state index is 6.45. The molecule has 1 aromatic heterocycles. The van der Waals surface area contributed by atoms with Gasteiger partial charge in [-0.15, -0.1) is 0 Å². The smallest absolute Gasteiger partial charge is 0.0917 e. The van der Waals surface area contributed by atoms with Crippen LogP contribution in [0.15, 0.2) is 30.3 Å². The molecule has 28 heavy (non-hydrogen) atoms. The highest BCUT2D eigenvalue weighted by Gasteiger charge is 2.15. The standard InChI is InChI=1S/C22H26Cl3N3/c1-4-28(5-2)10-6-7-14(3)26-21-17-9-8-15(23)13-20(17)27-22-18(21)11-16(24)12-19(22)25/h8-9,11-14H,4-7,10H2,1-3H3,(H,26,27)/t14-/m0/s1. The first-order valence-corrected chi connectivity index (χ1v) is 10.9. The summed E-state index contributed by atoms with van der Waals surface area (Å²) in [5, 5.41) is 7.45. The molecule has 3 aromatic rings. The van der Waals surface area contributed by atoms with Gasteiger partial charge in [0.1, 0.15) is 0 Å². The number of nitrogens with one attached hydrogen (secondary N) is 1. The van der Waals surface area contributed by atoms with Crippen molar-refractivity contribution in [3.63, 3.8) is 0 Å². The zero-order valence-electron chi connectivity index (χ0n) is 16.5. The summed E-state index contributed by atoms with van der Waals surface area (Å²) in [4.78, 5) is 7.18. The molecule has 2 aromatic carbocycles. The van der Waals surface area contributed by atoms with Crippen LogP contribution in [0.1, 0.15) is 33.6 Å². The molecular weight excluding hydrogens is 413 g/mol. The number of anilines is 1. The van der Waals surface area contributed by atoms with Gasteiger partial charge in [0.2, 0.25) is 0 Å². The molecule has 3 nitrogen and oxygen atoms in total. The molecule has 0 saturated carbocycles. The fourth-order valence-corrected chi connectivity index (χ4v) is 4.28. The van der Waals surface area contributed by atoms with E-state index >= 15 is 0 Å². The Kier molecular flexibility index (Phi) is 7.27. The van der Waals surface area contributed by atoms with Crippen LogP contribution < -0.4 is 5.32 Å². The molecule has 0 aliphatic carbocycles. The fraction of sp³-hybridized carbons (Fsp3) is 0.409. The second-order valence-electron chi connectivity index (χ2n) is 7.15. The molecule has 3 rings (SSSR count). The van der Waals surface area contributed by atoms with E-state index in [2.05, 4.69) is 31.0 Å². The number of benzene rings is 2. The van der Waals surface area contributed by atoms with Crippen LogP contribution in [0.2, 0.25) is 15.1 Å². The van der Waals surface area contributed by atoms with E-state index in [9.17, 15) is 0 Å². The zero-order chi connectivity index (χ0) is 20.3. The van der Waals surface area contributed by atoms with Crippen LogP contribution in [0.5, 0.6) is 0 Å². The van der Waals surface area contributed by atoms with Gasteiger partial charge >= 0.3 is 0 Å². The molecule has 6 heteroatoms. The lowest BCUT2D eigenvalue weighted by atomic mass is 10.1. The maximum Gasteiger partial charge on any atom is 0.0917 e. The second kappa shape index (κ2) is 9.49. The number of halogens is 3. The molecule has 0 unspecified atom stereocenters. The highest BCUT2D eigenvalue weighted by Crippen LogP contribution is 2.37. The van der Waals surface area contributed by atoms with Gasteiger partial charge in [0, 0.05) is 26.9 Å². The van der Waals surface area contributed by atoms with Crippen LogP contribution in [-0.2, 0) is 0 Å². The number of rotatable bonds is 8. The molecule has 0 fully saturated rings. The summed E-state index contributed by atoms with van der Waals surface area (Å²) in [6, 6.07) is 9.72. The van der Waals surface area contributed by atoms with E-state index in [1.807, 2.05) is 24.3 Å².